The van der Waals surface area contributed by atoms with Gasteiger partial charge in [0.05, 0.1) is 11.7 Å². The van der Waals surface area contributed by atoms with Gasteiger partial charge in [0.1, 0.15) is 11.6 Å². The second-order valence-corrected chi connectivity index (χ2v) is 6.18. The summed E-state index contributed by atoms with van der Waals surface area (Å²) in [5.74, 6) is -0.400. The van der Waals surface area contributed by atoms with Crippen LogP contribution in [0.5, 0.6) is 0 Å². The van der Waals surface area contributed by atoms with Gasteiger partial charge in [-0.15, -0.1) is 0 Å². The van der Waals surface area contributed by atoms with Gasteiger partial charge in [-0.1, -0.05) is 43.7 Å². The van der Waals surface area contributed by atoms with Crippen LogP contribution in [0.15, 0.2) is 66.4 Å². The van der Waals surface area contributed by atoms with E-state index in [2.05, 4.69) is 22.2 Å². The molecule has 0 bridgehead atoms. The molecular weight excluding hydrogens is 336 g/mol. The predicted octanol–water partition coefficient (Wildman–Crippen LogP) is 4.19. The Balaban J connectivity index is 1.83. The molecule has 2 aromatic heterocycles. The van der Waals surface area contributed by atoms with Crippen LogP contribution in [0.3, 0.4) is 0 Å². The van der Waals surface area contributed by atoms with Gasteiger partial charge >= 0.3 is 0 Å². The minimum Gasteiger partial charge on any atom is -0.345 e. The van der Waals surface area contributed by atoms with Crippen molar-refractivity contribution in [2.45, 2.75) is 25.8 Å². The maximum atomic E-state index is 12.7. The molecule has 3 aromatic rings. The number of nitrogens with one attached hydrogen (secondary N) is 1. The van der Waals surface area contributed by atoms with Crippen molar-refractivity contribution in [2.24, 2.45) is 0 Å². The summed E-state index contributed by atoms with van der Waals surface area (Å²) >= 11 is 0. The van der Waals surface area contributed by atoms with Crippen LogP contribution in [-0.4, -0.2) is 15.9 Å². The standard InChI is InChI=1S/C22H20N4O/c1-2-7-20(16-8-4-3-5-9-16)26-22(27)18(15-23)14-19-12-11-17-10-6-13-24-21(17)25-19/h3-6,8-14,20H,2,7H2,1H3,(H,26,27)/t20-/m0/s1. The Morgan fingerprint density at radius 2 is 2.00 bits per heavy atom. The fourth-order valence-electron chi connectivity index (χ4n) is 2.88. The molecule has 0 aliphatic rings. The van der Waals surface area contributed by atoms with Gasteiger partial charge in [-0.05, 0) is 42.3 Å². The maximum absolute atomic E-state index is 12.7. The topological polar surface area (TPSA) is 78.7 Å². The first-order valence-corrected chi connectivity index (χ1v) is 8.90. The molecule has 27 heavy (non-hydrogen) atoms. The Bertz CT molecular complexity index is 1010. The highest BCUT2D eigenvalue weighted by molar-refractivity contribution is 6.01. The highest BCUT2D eigenvalue weighted by atomic mass is 16.1. The molecule has 0 aliphatic carbocycles. The number of carbonyl (C=O) groups is 1. The number of fused-ring (bicyclic) bond motifs is 1. The third-order valence-electron chi connectivity index (χ3n) is 4.23. The SMILES string of the molecule is CCC[C@H](NC(=O)C(C#N)=Cc1ccc2cccnc2n1)c1ccccc1. The van der Waals surface area contributed by atoms with Crippen molar-refractivity contribution < 1.29 is 4.79 Å². The van der Waals surface area contributed by atoms with Crippen LogP contribution in [0.25, 0.3) is 17.1 Å². The highest BCUT2D eigenvalue weighted by Gasteiger charge is 2.17. The van der Waals surface area contributed by atoms with Gasteiger partial charge in [-0.2, -0.15) is 5.26 Å². The third-order valence-corrected chi connectivity index (χ3v) is 4.23. The average molecular weight is 356 g/mol. The van der Waals surface area contributed by atoms with E-state index in [1.807, 2.05) is 54.6 Å². The van der Waals surface area contributed by atoms with Crippen molar-refractivity contribution in [1.82, 2.24) is 15.3 Å². The lowest BCUT2D eigenvalue weighted by Crippen LogP contribution is -2.29. The van der Waals surface area contributed by atoms with Crippen LogP contribution in [0.2, 0.25) is 0 Å². The molecular formula is C22H20N4O. The number of pyridine rings is 2. The van der Waals surface area contributed by atoms with Crippen molar-refractivity contribution >= 4 is 23.0 Å². The molecule has 5 heteroatoms. The number of hydrogen-bond donors (Lipinski definition) is 1. The summed E-state index contributed by atoms with van der Waals surface area (Å²) in [5.41, 5.74) is 2.16. The Morgan fingerprint density at radius 1 is 1.19 bits per heavy atom. The number of benzene rings is 1. The molecule has 1 aromatic carbocycles. The van der Waals surface area contributed by atoms with Gasteiger partial charge in [0.15, 0.2) is 5.65 Å². The van der Waals surface area contributed by atoms with E-state index in [1.54, 1.807) is 12.3 Å². The minimum absolute atomic E-state index is 0.0230. The van der Waals surface area contributed by atoms with Gasteiger partial charge in [-0.3, -0.25) is 4.79 Å². The summed E-state index contributed by atoms with van der Waals surface area (Å²) in [4.78, 5) is 21.3. The predicted molar refractivity (Wildman–Crippen MR) is 105 cm³/mol. The van der Waals surface area contributed by atoms with Crippen molar-refractivity contribution in [1.29, 1.82) is 5.26 Å². The first-order chi connectivity index (χ1) is 13.2. The van der Waals surface area contributed by atoms with Crippen LogP contribution >= 0.6 is 0 Å². The zero-order valence-corrected chi connectivity index (χ0v) is 15.1. The number of nitriles is 1. The van der Waals surface area contributed by atoms with Gasteiger partial charge < -0.3 is 5.32 Å². The highest BCUT2D eigenvalue weighted by Crippen LogP contribution is 2.19. The lowest BCUT2D eigenvalue weighted by atomic mass is 10.0. The molecule has 0 radical (unpaired) electrons. The number of aromatic nitrogens is 2. The van der Waals surface area contributed by atoms with Crippen molar-refractivity contribution in [3.05, 3.63) is 77.6 Å². The fraction of sp³-hybridized carbons (Fsp3) is 0.182. The Morgan fingerprint density at radius 3 is 2.74 bits per heavy atom. The lowest BCUT2D eigenvalue weighted by molar-refractivity contribution is -0.117. The fourth-order valence-corrected chi connectivity index (χ4v) is 2.88. The summed E-state index contributed by atoms with van der Waals surface area (Å²) in [7, 11) is 0. The van der Waals surface area contributed by atoms with Gasteiger partial charge in [0.2, 0.25) is 0 Å². The number of nitrogens with zero attached hydrogens (tertiary/aromatic N) is 3. The molecule has 5 nitrogen and oxygen atoms in total. The summed E-state index contributed by atoms with van der Waals surface area (Å²) in [6.45, 7) is 2.06. The van der Waals surface area contributed by atoms with E-state index in [9.17, 15) is 10.1 Å². The van der Waals surface area contributed by atoms with Crippen molar-refractivity contribution in [3.63, 3.8) is 0 Å². The van der Waals surface area contributed by atoms with Gasteiger partial charge in [0, 0.05) is 11.6 Å². The van der Waals surface area contributed by atoms with Gasteiger partial charge in [-0.25, -0.2) is 9.97 Å². The molecule has 0 fully saturated rings. The van der Waals surface area contributed by atoms with E-state index < -0.39 is 5.91 Å². The van der Waals surface area contributed by atoms with E-state index in [0.29, 0.717) is 11.3 Å². The van der Waals surface area contributed by atoms with Crippen LogP contribution in [0.1, 0.15) is 37.1 Å². The average Bonchev–Trinajstić information content (AvgIpc) is 2.72. The first kappa shape index (κ1) is 18.3. The number of carbonyl (C=O) groups excluding carboxylic acids is 1. The molecule has 3 rings (SSSR count). The third kappa shape index (κ3) is 4.56. The first-order valence-electron chi connectivity index (χ1n) is 8.90. The van der Waals surface area contributed by atoms with Crippen LogP contribution < -0.4 is 5.32 Å². The molecule has 1 N–H and O–H groups in total. The Hall–Kier alpha value is -3.52. The largest absolute Gasteiger partial charge is 0.345 e. The normalized spacial score (nSPS) is 12.4. The lowest BCUT2D eigenvalue weighted by Gasteiger charge is -2.18. The van der Waals surface area contributed by atoms with E-state index >= 15 is 0 Å². The zero-order chi connectivity index (χ0) is 19.1. The van der Waals surface area contributed by atoms with E-state index in [0.717, 1.165) is 23.8 Å². The Labute approximate surface area is 158 Å². The summed E-state index contributed by atoms with van der Waals surface area (Å²) in [6.07, 6.45) is 4.88. The van der Waals surface area contributed by atoms with E-state index in [1.165, 1.54) is 6.08 Å². The second-order valence-electron chi connectivity index (χ2n) is 6.18. The minimum atomic E-state index is -0.400. The van der Waals surface area contributed by atoms with Crippen LogP contribution in [-0.2, 0) is 4.79 Å². The molecule has 2 heterocycles. The summed E-state index contributed by atoms with van der Waals surface area (Å²) in [6, 6.07) is 19.0. The molecule has 0 saturated heterocycles. The van der Waals surface area contributed by atoms with E-state index in [-0.39, 0.29) is 11.6 Å². The van der Waals surface area contributed by atoms with Gasteiger partial charge in [0.25, 0.3) is 5.91 Å². The molecule has 0 spiro atoms. The quantitative estimate of drug-likeness (QED) is 0.530. The second kappa shape index (κ2) is 8.72. The zero-order valence-electron chi connectivity index (χ0n) is 15.1. The number of hydrogen-bond acceptors (Lipinski definition) is 4. The smallest absolute Gasteiger partial charge is 0.262 e. The number of rotatable bonds is 6. The van der Waals surface area contributed by atoms with E-state index in [4.69, 9.17) is 0 Å². The molecule has 0 unspecified atom stereocenters. The van der Waals surface area contributed by atoms with Crippen LogP contribution in [0.4, 0.5) is 0 Å². The molecule has 1 atom stereocenters. The number of amides is 1. The van der Waals surface area contributed by atoms with Crippen molar-refractivity contribution in [3.8, 4) is 6.07 Å². The maximum Gasteiger partial charge on any atom is 0.262 e. The summed E-state index contributed by atoms with van der Waals surface area (Å²) < 4.78 is 0. The molecule has 0 saturated carbocycles. The molecule has 0 aliphatic heterocycles. The monoisotopic (exact) mass is 356 g/mol. The van der Waals surface area contributed by atoms with Crippen LogP contribution in [0, 0.1) is 11.3 Å². The van der Waals surface area contributed by atoms with Crippen molar-refractivity contribution in [2.75, 3.05) is 0 Å². The summed E-state index contributed by atoms with van der Waals surface area (Å²) in [5, 5.41) is 13.3. The molecule has 134 valence electrons. The Kier molecular flexibility index (Phi) is 5.91. The molecule has 1 amide bonds.